The molecule has 7 nitrogen and oxygen atoms in total. The number of tetrazole rings is 1. The first kappa shape index (κ1) is 18.4. The molecule has 138 valence electrons. The highest BCUT2D eigenvalue weighted by atomic mass is 16.5. The van der Waals surface area contributed by atoms with Gasteiger partial charge in [0.25, 0.3) is 0 Å². The van der Waals surface area contributed by atoms with Crippen LogP contribution in [0.2, 0.25) is 0 Å². The summed E-state index contributed by atoms with van der Waals surface area (Å²) in [4.78, 5) is 24.9. The summed E-state index contributed by atoms with van der Waals surface area (Å²) in [6, 6.07) is 8.54. The minimum Gasteiger partial charge on any atom is -0.454 e. The van der Waals surface area contributed by atoms with E-state index in [1.54, 1.807) is 24.3 Å². The smallest absolute Gasteiger partial charge is 0.338 e. The van der Waals surface area contributed by atoms with Gasteiger partial charge in [-0.2, -0.15) is 0 Å². The van der Waals surface area contributed by atoms with E-state index in [0.717, 1.165) is 16.7 Å². The zero-order valence-corrected chi connectivity index (χ0v) is 15.7. The molecule has 7 heteroatoms. The van der Waals surface area contributed by atoms with E-state index >= 15 is 0 Å². The van der Waals surface area contributed by atoms with Gasteiger partial charge < -0.3 is 4.74 Å². The molecule has 0 aliphatic rings. The van der Waals surface area contributed by atoms with Gasteiger partial charge in [0, 0.05) is 5.56 Å². The second-order valence-electron chi connectivity index (χ2n) is 6.42. The molecular formula is C20H20N4O3. The minimum atomic E-state index is -0.573. The third-order valence-electron chi connectivity index (χ3n) is 4.81. The normalized spacial score (nSPS) is 10.7. The van der Waals surface area contributed by atoms with Crippen molar-refractivity contribution in [1.82, 2.24) is 20.2 Å². The lowest BCUT2D eigenvalue weighted by atomic mass is 9.93. The Kier molecular flexibility index (Phi) is 5.12. The molecule has 0 amide bonds. The molecule has 0 aliphatic carbocycles. The Morgan fingerprint density at radius 1 is 1.04 bits per heavy atom. The molecule has 0 radical (unpaired) electrons. The van der Waals surface area contributed by atoms with Gasteiger partial charge in [-0.15, -0.1) is 5.10 Å². The van der Waals surface area contributed by atoms with E-state index in [9.17, 15) is 9.59 Å². The summed E-state index contributed by atoms with van der Waals surface area (Å²) in [5.41, 5.74) is 5.75. The van der Waals surface area contributed by atoms with E-state index in [-0.39, 0.29) is 12.4 Å². The highest BCUT2D eigenvalue weighted by Gasteiger charge is 2.17. The van der Waals surface area contributed by atoms with Crippen molar-refractivity contribution in [3.63, 3.8) is 0 Å². The van der Waals surface area contributed by atoms with Gasteiger partial charge in [-0.3, -0.25) is 4.79 Å². The number of benzene rings is 2. The number of carbonyl (C=O) groups excluding carboxylic acids is 2. The molecule has 2 aromatic carbocycles. The molecule has 0 aliphatic heterocycles. The average Bonchev–Trinajstić information content (AvgIpc) is 3.22. The van der Waals surface area contributed by atoms with Crippen LogP contribution in [0.25, 0.3) is 5.69 Å². The van der Waals surface area contributed by atoms with E-state index < -0.39 is 5.97 Å². The summed E-state index contributed by atoms with van der Waals surface area (Å²) in [5, 5.41) is 10.9. The van der Waals surface area contributed by atoms with E-state index in [2.05, 4.69) is 15.5 Å². The first-order chi connectivity index (χ1) is 12.9. The number of esters is 1. The van der Waals surface area contributed by atoms with Gasteiger partial charge >= 0.3 is 5.97 Å². The Hall–Kier alpha value is -3.35. The first-order valence-corrected chi connectivity index (χ1v) is 8.49. The van der Waals surface area contributed by atoms with Crippen LogP contribution in [0.4, 0.5) is 0 Å². The minimum absolute atomic E-state index is 0.219. The Labute approximate surface area is 157 Å². The van der Waals surface area contributed by atoms with Crippen LogP contribution < -0.4 is 0 Å². The molecule has 0 N–H and O–H groups in total. The largest absolute Gasteiger partial charge is 0.454 e. The number of rotatable bonds is 5. The number of hydrogen-bond acceptors (Lipinski definition) is 6. The fourth-order valence-electron chi connectivity index (χ4n) is 2.85. The van der Waals surface area contributed by atoms with Crippen LogP contribution in [0.15, 0.2) is 36.7 Å². The Bertz CT molecular complexity index is 1010. The van der Waals surface area contributed by atoms with Gasteiger partial charge in [0.2, 0.25) is 5.78 Å². The van der Waals surface area contributed by atoms with Crippen LogP contribution in [-0.4, -0.2) is 38.6 Å². The van der Waals surface area contributed by atoms with E-state index in [1.165, 1.54) is 16.6 Å². The predicted octanol–water partition coefficient (Wildman–Crippen LogP) is 2.94. The first-order valence-electron chi connectivity index (χ1n) is 8.49. The highest BCUT2D eigenvalue weighted by Crippen LogP contribution is 2.22. The number of nitrogens with zero attached hydrogens (tertiary/aromatic N) is 4. The van der Waals surface area contributed by atoms with Crippen molar-refractivity contribution in [2.24, 2.45) is 0 Å². The molecule has 0 saturated carbocycles. The molecule has 0 fully saturated rings. The van der Waals surface area contributed by atoms with E-state index in [0.29, 0.717) is 16.8 Å². The van der Waals surface area contributed by atoms with Crippen LogP contribution in [0.3, 0.4) is 0 Å². The third kappa shape index (κ3) is 3.76. The van der Waals surface area contributed by atoms with Gasteiger partial charge in [0.15, 0.2) is 6.61 Å². The summed E-state index contributed by atoms with van der Waals surface area (Å²) in [5.74, 6) is -0.792. The number of Topliss-reactive ketones (excluding diaryl/α,β-unsaturated/α-hetero) is 1. The lowest BCUT2D eigenvalue weighted by Gasteiger charge is -2.13. The number of aromatic nitrogens is 4. The Balaban J connectivity index is 1.73. The summed E-state index contributed by atoms with van der Waals surface area (Å²) < 4.78 is 6.67. The molecular weight excluding hydrogens is 344 g/mol. The summed E-state index contributed by atoms with van der Waals surface area (Å²) >= 11 is 0. The lowest BCUT2D eigenvalue weighted by molar-refractivity contribution is 0.0474. The molecule has 3 rings (SSSR count). The number of carbonyl (C=O) groups is 2. The van der Waals surface area contributed by atoms with E-state index in [1.807, 2.05) is 33.8 Å². The zero-order chi connectivity index (χ0) is 19.6. The van der Waals surface area contributed by atoms with Crippen LogP contribution in [-0.2, 0) is 4.74 Å². The molecule has 27 heavy (non-hydrogen) atoms. The van der Waals surface area contributed by atoms with Gasteiger partial charge in [0.05, 0.1) is 11.3 Å². The van der Waals surface area contributed by atoms with Crippen molar-refractivity contribution in [3.05, 3.63) is 70.0 Å². The third-order valence-corrected chi connectivity index (χ3v) is 4.81. The number of ketones is 1. The van der Waals surface area contributed by atoms with Crippen molar-refractivity contribution < 1.29 is 14.3 Å². The van der Waals surface area contributed by atoms with Crippen LogP contribution in [0, 0.1) is 27.7 Å². The maximum atomic E-state index is 12.6. The quantitative estimate of drug-likeness (QED) is 0.511. The Morgan fingerprint density at radius 2 is 1.81 bits per heavy atom. The molecule has 0 bridgehead atoms. The van der Waals surface area contributed by atoms with Crippen molar-refractivity contribution in [2.45, 2.75) is 27.7 Å². The van der Waals surface area contributed by atoms with Crippen LogP contribution in [0.1, 0.15) is 43.0 Å². The molecule has 1 heterocycles. The lowest BCUT2D eigenvalue weighted by Crippen LogP contribution is -2.16. The Morgan fingerprint density at radius 3 is 2.52 bits per heavy atom. The van der Waals surface area contributed by atoms with Gasteiger partial charge in [-0.25, -0.2) is 9.48 Å². The molecule has 0 spiro atoms. The van der Waals surface area contributed by atoms with Crippen LogP contribution in [0.5, 0.6) is 0 Å². The monoisotopic (exact) mass is 364 g/mol. The van der Waals surface area contributed by atoms with Crippen molar-refractivity contribution >= 4 is 11.8 Å². The molecule has 0 saturated heterocycles. The summed E-state index contributed by atoms with van der Waals surface area (Å²) in [6.07, 6.45) is 1.43. The summed E-state index contributed by atoms with van der Waals surface area (Å²) in [7, 11) is 0. The molecule has 1 aromatic heterocycles. The van der Waals surface area contributed by atoms with E-state index in [4.69, 9.17) is 4.74 Å². The average molecular weight is 364 g/mol. The van der Waals surface area contributed by atoms with Crippen molar-refractivity contribution in [2.75, 3.05) is 6.61 Å². The predicted molar refractivity (Wildman–Crippen MR) is 99.2 cm³/mol. The maximum Gasteiger partial charge on any atom is 0.338 e. The topological polar surface area (TPSA) is 87.0 Å². The SMILES string of the molecule is Cc1cc(C(=O)COC(=O)c2cccc(-n3cnnn3)c2)c(C)c(C)c1C. The highest BCUT2D eigenvalue weighted by molar-refractivity contribution is 6.01. The number of hydrogen-bond donors (Lipinski definition) is 0. The van der Waals surface area contributed by atoms with Crippen molar-refractivity contribution in [1.29, 1.82) is 0 Å². The number of aryl methyl sites for hydroxylation is 1. The number of ether oxygens (including phenoxy) is 1. The van der Waals surface area contributed by atoms with Gasteiger partial charge in [-0.1, -0.05) is 6.07 Å². The fourth-order valence-corrected chi connectivity index (χ4v) is 2.85. The maximum absolute atomic E-state index is 12.6. The standard InChI is InChI=1S/C20H20N4O3/c1-12-8-18(15(4)14(3)13(12)2)19(25)10-27-20(26)16-6-5-7-17(9-16)24-11-21-22-23-24/h5-9,11H,10H2,1-4H3. The van der Waals surface area contributed by atoms with Crippen molar-refractivity contribution in [3.8, 4) is 5.69 Å². The molecule has 3 aromatic rings. The zero-order valence-electron chi connectivity index (χ0n) is 15.7. The molecule has 0 unspecified atom stereocenters. The van der Waals surface area contributed by atoms with Gasteiger partial charge in [0.1, 0.15) is 6.33 Å². The molecule has 0 atom stereocenters. The second-order valence-corrected chi connectivity index (χ2v) is 6.42. The summed E-state index contributed by atoms with van der Waals surface area (Å²) in [6.45, 7) is 7.59. The fraction of sp³-hybridized carbons (Fsp3) is 0.250. The second kappa shape index (κ2) is 7.49. The van der Waals surface area contributed by atoms with Crippen LogP contribution >= 0.6 is 0 Å². The van der Waals surface area contributed by atoms with Gasteiger partial charge in [-0.05, 0) is 84.6 Å².